The van der Waals surface area contributed by atoms with Gasteiger partial charge in [0.1, 0.15) is 0 Å². The van der Waals surface area contributed by atoms with Crippen molar-refractivity contribution in [2.75, 3.05) is 0 Å². The highest BCUT2D eigenvalue weighted by atomic mass is 32.1. The monoisotopic (exact) mass is 342 g/mol. The maximum Gasteiger partial charge on any atom is 0.204 e. The molecule has 1 heterocycles. The van der Waals surface area contributed by atoms with Crippen LogP contribution >= 0.6 is 11.3 Å². The SMILES string of the molecule is C=C1c2ccccc2C(=O)c2sc3c(c21)C(C)c1ccccc1C3=O. The van der Waals surface area contributed by atoms with E-state index in [4.69, 9.17) is 0 Å². The summed E-state index contributed by atoms with van der Waals surface area (Å²) in [6.07, 6.45) is 0. The molecule has 0 N–H and O–H groups in total. The molecule has 0 saturated carbocycles. The number of fused-ring (bicyclic) bond motifs is 5. The summed E-state index contributed by atoms with van der Waals surface area (Å²) in [6.45, 7) is 6.38. The predicted molar refractivity (Wildman–Crippen MR) is 99.7 cm³/mol. The van der Waals surface area contributed by atoms with E-state index in [1.807, 2.05) is 48.5 Å². The minimum absolute atomic E-state index is 0.00135. The van der Waals surface area contributed by atoms with E-state index < -0.39 is 0 Å². The molecule has 0 saturated heterocycles. The van der Waals surface area contributed by atoms with E-state index in [1.54, 1.807) is 0 Å². The van der Waals surface area contributed by atoms with Crippen molar-refractivity contribution < 1.29 is 9.59 Å². The van der Waals surface area contributed by atoms with Crippen LogP contribution in [-0.4, -0.2) is 11.6 Å². The molecule has 25 heavy (non-hydrogen) atoms. The predicted octanol–water partition coefficient (Wildman–Crippen LogP) is 5.05. The Balaban J connectivity index is 1.83. The Labute approximate surface area is 149 Å². The molecule has 0 fully saturated rings. The highest BCUT2D eigenvalue weighted by Crippen LogP contribution is 2.49. The molecule has 3 heteroatoms. The van der Waals surface area contributed by atoms with Gasteiger partial charge < -0.3 is 0 Å². The Hall–Kier alpha value is -2.78. The lowest BCUT2D eigenvalue weighted by Gasteiger charge is -2.25. The van der Waals surface area contributed by atoms with E-state index in [2.05, 4.69) is 13.5 Å². The minimum atomic E-state index is 0.00135. The summed E-state index contributed by atoms with van der Waals surface area (Å²) in [7, 11) is 0. The first-order chi connectivity index (χ1) is 12.1. The highest BCUT2D eigenvalue weighted by molar-refractivity contribution is 7.17. The van der Waals surface area contributed by atoms with Gasteiger partial charge in [0.05, 0.1) is 9.75 Å². The molecule has 0 spiro atoms. The van der Waals surface area contributed by atoms with Crippen molar-refractivity contribution in [3.8, 4) is 0 Å². The fourth-order valence-electron chi connectivity index (χ4n) is 4.05. The summed E-state index contributed by atoms with van der Waals surface area (Å²) < 4.78 is 0. The van der Waals surface area contributed by atoms with Crippen molar-refractivity contribution in [3.63, 3.8) is 0 Å². The molecule has 1 unspecified atom stereocenters. The Kier molecular flexibility index (Phi) is 2.83. The van der Waals surface area contributed by atoms with Crippen LogP contribution in [-0.2, 0) is 0 Å². The molecule has 120 valence electrons. The minimum Gasteiger partial charge on any atom is -0.288 e. The molecule has 0 bridgehead atoms. The van der Waals surface area contributed by atoms with Gasteiger partial charge in [-0.1, -0.05) is 62.0 Å². The van der Waals surface area contributed by atoms with E-state index in [0.29, 0.717) is 15.3 Å². The van der Waals surface area contributed by atoms with Crippen molar-refractivity contribution >= 4 is 28.5 Å². The standard InChI is InChI=1S/C22H14O2S/c1-11-13-7-3-5-9-15(13)19(23)21-17(11)18-12(2)14-8-4-6-10-16(14)20(24)22(18)25-21/h3-10,12H,1H2,2H3. The zero-order valence-corrected chi connectivity index (χ0v) is 14.4. The number of thiophene rings is 1. The topological polar surface area (TPSA) is 34.1 Å². The van der Waals surface area contributed by atoms with Crippen LogP contribution in [0.4, 0.5) is 0 Å². The molecule has 0 amide bonds. The lowest BCUT2D eigenvalue weighted by Crippen LogP contribution is -2.18. The van der Waals surface area contributed by atoms with Crippen LogP contribution in [0.15, 0.2) is 55.1 Å². The van der Waals surface area contributed by atoms with Crippen molar-refractivity contribution in [2.24, 2.45) is 0 Å². The fourth-order valence-corrected chi connectivity index (χ4v) is 5.38. The first kappa shape index (κ1) is 14.6. The van der Waals surface area contributed by atoms with Crippen LogP contribution in [0.25, 0.3) is 5.57 Å². The Morgan fingerprint density at radius 2 is 1.44 bits per heavy atom. The van der Waals surface area contributed by atoms with Crippen LogP contribution in [0.5, 0.6) is 0 Å². The molecule has 5 rings (SSSR count). The largest absolute Gasteiger partial charge is 0.288 e. The smallest absolute Gasteiger partial charge is 0.204 e. The lowest BCUT2D eigenvalue weighted by atomic mass is 9.76. The van der Waals surface area contributed by atoms with Gasteiger partial charge in [-0.2, -0.15) is 0 Å². The van der Waals surface area contributed by atoms with E-state index in [1.165, 1.54) is 11.3 Å². The third kappa shape index (κ3) is 1.73. The summed E-state index contributed by atoms with van der Waals surface area (Å²) in [6, 6.07) is 15.3. The van der Waals surface area contributed by atoms with Gasteiger partial charge in [-0.25, -0.2) is 0 Å². The molecular weight excluding hydrogens is 328 g/mol. The third-order valence-electron chi connectivity index (χ3n) is 5.26. The van der Waals surface area contributed by atoms with Gasteiger partial charge in [-0.15, -0.1) is 11.3 Å². The second kappa shape index (κ2) is 4.87. The number of benzene rings is 2. The molecule has 0 radical (unpaired) electrons. The zero-order chi connectivity index (χ0) is 17.3. The van der Waals surface area contributed by atoms with Gasteiger partial charge in [-0.3, -0.25) is 9.59 Å². The Bertz CT molecular complexity index is 1120. The Morgan fingerprint density at radius 1 is 0.840 bits per heavy atom. The second-order valence-corrected chi connectivity index (χ2v) is 7.56. The van der Waals surface area contributed by atoms with Crippen LogP contribution in [0.3, 0.4) is 0 Å². The van der Waals surface area contributed by atoms with Gasteiger partial charge in [-0.05, 0) is 22.3 Å². The van der Waals surface area contributed by atoms with Crippen LogP contribution in [0.1, 0.15) is 65.6 Å². The number of carbonyl (C=O) groups excluding carboxylic acids is 2. The fraction of sp³-hybridized carbons (Fsp3) is 0.0909. The molecule has 2 aromatic carbocycles. The number of hydrogen-bond donors (Lipinski definition) is 0. The molecule has 1 atom stereocenters. The summed E-state index contributed by atoms with van der Waals surface area (Å²) in [5, 5.41) is 0. The van der Waals surface area contributed by atoms with Crippen LogP contribution in [0, 0.1) is 0 Å². The zero-order valence-electron chi connectivity index (χ0n) is 13.6. The van der Waals surface area contributed by atoms with Crippen molar-refractivity contribution in [2.45, 2.75) is 12.8 Å². The molecule has 2 nitrogen and oxygen atoms in total. The molecule has 1 aromatic heterocycles. The van der Waals surface area contributed by atoms with E-state index in [9.17, 15) is 9.59 Å². The van der Waals surface area contributed by atoms with Crippen molar-refractivity contribution in [1.82, 2.24) is 0 Å². The third-order valence-corrected chi connectivity index (χ3v) is 6.46. The summed E-state index contributed by atoms with van der Waals surface area (Å²) >= 11 is 1.33. The highest BCUT2D eigenvalue weighted by Gasteiger charge is 2.39. The number of rotatable bonds is 0. The second-order valence-electron chi connectivity index (χ2n) is 6.54. The van der Waals surface area contributed by atoms with Gasteiger partial charge in [0, 0.05) is 22.6 Å². The normalized spacial score (nSPS) is 17.6. The van der Waals surface area contributed by atoms with Gasteiger partial charge >= 0.3 is 0 Å². The summed E-state index contributed by atoms with van der Waals surface area (Å²) in [4.78, 5) is 27.4. The van der Waals surface area contributed by atoms with Crippen LogP contribution in [0.2, 0.25) is 0 Å². The summed E-state index contributed by atoms with van der Waals surface area (Å²) in [5.41, 5.74) is 6.02. The molecular formula is C22H14O2S. The quantitative estimate of drug-likeness (QED) is 0.448. The van der Waals surface area contributed by atoms with Crippen molar-refractivity contribution in [1.29, 1.82) is 0 Å². The molecule has 2 aliphatic carbocycles. The van der Waals surface area contributed by atoms with Crippen molar-refractivity contribution in [3.05, 3.63) is 98.2 Å². The maximum atomic E-state index is 13.0. The van der Waals surface area contributed by atoms with E-state index >= 15 is 0 Å². The Morgan fingerprint density at radius 3 is 2.20 bits per heavy atom. The average molecular weight is 342 g/mol. The molecule has 2 aliphatic rings. The maximum absolute atomic E-state index is 13.0. The first-order valence-corrected chi connectivity index (χ1v) is 9.05. The van der Waals surface area contributed by atoms with Crippen LogP contribution < -0.4 is 0 Å². The first-order valence-electron chi connectivity index (χ1n) is 8.23. The lowest BCUT2D eigenvalue weighted by molar-refractivity contribution is 0.103. The summed E-state index contributed by atoms with van der Waals surface area (Å²) in [5.74, 6) is 0.0907. The van der Waals surface area contributed by atoms with E-state index in [0.717, 1.165) is 33.4 Å². The average Bonchev–Trinajstić information content (AvgIpc) is 3.06. The molecule has 3 aromatic rings. The number of carbonyl (C=O) groups is 2. The van der Waals surface area contributed by atoms with Gasteiger partial charge in [0.15, 0.2) is 0 Å². The van der Waals surface area contributed by atoms with Gasteiger partial charge in [0.25, 0.3) is 0 Å². The van der Waals surface area contributed by atoms with E-state index in [-0.39, 0.29) is 17.5 Å². The molecule has 0 aliphatic heterocycles. The van der Waals surface area contributed by atoms with Gasteiger partial charge in [0.2, 0.25) is 11.6 Å². The number of hydrogen-bond acceptors (Lipinski definition) is 3. The number of ketones is 2.